The molecule has 0 N–H and O–H groups in total. The maximum absolute atomic E-state index is 12.7. The van der Waals surface area contributed by atoms with Crippen molar-refractivity contribution < 1.29 is 23.7 Å². The lowest BCUT2D eigenvalue weighted by molar-refractivity contribution is -0.144. The molecule has 1 aromatic heterocycles. The highest BCUT2D eigenvalue weighted by Gasteiger charge is 2.26. The minimum Gasteiger partial charge on any atom is -0.497 e. The predicted octanol–water partition coefficient (Wildman–Crippen LogP) is 3.15. The molecular weight excluding hydrogens is 336 g/mol. The van der Waals surface area contributed by atoms with E-state index in [4.69, 9.17) is 9.47 Å². The Bertz CT molecular complexity index is 917. The van der Waals surface area contributed by atoms with Crippen molar-refractivity contribution in [2.24, 2.45) is 0 Å². The Kier molecular flexibility index (Phi) is 5.26. The second-order valence-corrected chi connectivity index (χ2v) is 5.67. The van der Waals surface area contributed by atoms with Crippen molar-refractivity contribution in [3.8, 4) is 5.75 Å². The van der Waals surface area contributed by atoms with Crippen LogP contribution in [0.15, 0.2) is 47.1 Å². The van der Waals surface area contributed by atoms with Crippen molar-refractivity contribution >= 4 is 22.8 Å². The Morgan fingerprint density at radius 1 is 1.08 bits per heavy atom. The van der Waals surface area contributed by atoms with Crippen molar-refractivity contribution in [3.63, 3.8) is 0 Å². The fraction of sp³-hybridized carbons (Fsp3) is 0.263. The molecule has 134 valence electrons. The molecule has 0 saturated carbocycles. The van der Waals surface area contributed by atoms with Crippen molar-refractivity contribution in [1.29, 1.82) is 0 Å². The number of aromatic nitrogens is 2. The molecule has 7 nitrogen and oxygen atoms in total. The minimum absolute atomic E-state index is 0.0120. The number of methoxy groups -OCH3 is 1. The van der Waals surface area contributed by atoms with Crippen LogP contribution in [0, 0.1) is 0 Å². The summed E-state index contributed by atoms with van der Waals surface area (Å²) in [6.07, 6.45) is -0.0120. The lowest BCUT2D eigenvalue weighted by atomic mass is 9.91. The summed E-state index contributed by atoms with van der Waals surface area (Å²) < 4.78 is 14.9. The highest BCUT2D eigenvalue weighted by molar-refractivity contribution is 5.99. The van der Waals surface area contributed by atoms with Crippen LogP contribution in [0.3, 0.4) is 0 Å². The van der Waals surface area contributed by atoms with Crippen molar-refractivity contribution in [3.05, 3.63) is 53.6 Å². The van der Waals surface area contributed by atoms with Crippen molar-refractivity contribution in [1.82, 2.24) is 10.3 Å². The van der Waals surface area contributed by atoms with Crippen LogP contribution in [-0.2, 0) is 9.53 Å². The second kappa shape index (κ2) is 7.77. The Hall–Kier alpha value is -3.22. The Balaban J connectivity index is 1.87. The van der Waals surface area contributed by atoms with Crippen LogP contribution < -0.4 is 4.74 Å². The fourth-order valence-electron chi connectivity index (χ4n) is 2.68. The van der Waals surface area contributed by atoms with Gasteiger partial charge in [0, 0.05) is 12.0 Å². The number of carbonyl (C=O) groups excluding carboxylic acids is 2. The number of nitrogens with zero attached hydrogens (tertiary/aromatic N) is 2. The highest BCUT2D eigenvalue weighted by atomic mass is 16.6. The third kappa shape index (κ3) is 3.72. The maximum Gasteiger partial charge on any atom is 0.313 e. The van der Waals surface area contributed by atoms with Crippen LogP contribution in [0.4, 0.5) is 0 Å². The summed E-state index contributed by atoms with van der Waals surface area (Å²) in [6.45, 7) is 1.96. The van der Waals surface area contributed by atoms with E-state index in [1.54, 1.807) is 56.5 Å². The standard InChI is InChI=1S/C19H18N2O5/c1-3-25-19(23)15(13-6-9-16-17(10-13)21-26-20-16)11-18(22)12-4-7-14(24-2)8-5-12/h4-10,15H,3,11H2,1-2H3. The molecule has 0 amide bonds. The number of fused-ring (bicyclic) bond motifs is 1. The third-order valence-corrected chi connectivity index (χ3v) is 4.05. The molecule has 0 spiro atoms. The minimum atomic E-state index is -0.731. The molecule has 0 aliphatic heterocycles. The first-order valence-corrected chi connectivity index (χ1v) is 8.18. The molecular formula is C19H18N2O5. The molecule has 0 saturated heterocycles. The van der Waals surface area contributed by atoms with E-state index < -0.39 is 11.9 Å². The van der Waals surface area contributed by atoms with Gasteiger partial charge < -0.3 is 9.47 Å². The molecule has 2 aromatic carbocycles. The SMILES string of the molecule is CCOC(=O)C(CC(=O)c1ccc(OC)cc1)c1ccc2nonc2c1. The van der Waals surface area contributed by atoms with E-state index in [9.17, 15) is 9.59 Å². The number of benzene rings is 2. The molecule has 7 heteroatoms. The molecule has 0 fully saturated rings. The molecule has 0 bridgehead atoms. The smallest absolute Gasteiger partial charge is 0.313 e. The molecule has 26 heavy (non-hydrogen) atoms. The summed E-state index contributed by atoms with van der Waals surface area (Å²) in [6, 6.07) is 11.9. The van der Waals surface area contributed by atoms with Gasteiger partial charge in [0.1, 0.15) is 16.8 Å². The van der Waals surface area contributed by atoms with E-state index in [2.05, 4.69) is 14.9 Å². The molecule has 3 rings (SSSR count). The first-order chi connectivity index (χ1) is 12.6. The number of rotatable bonds is 7. The van der Waals surface area contributed by atoms with Gasteiger partial charge in [-0.1, -0.05) is 6.07 Å². The second-order valence-electron chi connectivity index (χ2n) is 5.67. The Morgan fingerprint density at radius 2 is 1.81 bits per heavy atom. The summed E-state index contributed by atoms with van der Waals surface area (Å²) in [5.41, 5.74) is 2.24. The number of ketones is 1. The van der Waals surface area contributed by atoms with Gasteiger partial charge in [-0.2, -0.15) is 0 Å². The van der Waals surface area contributed by atoms with Gasteiger partial charge in [-0.25, -0.2) is 4.63 Å². The number of hydrogen-bond acceptors (Lipinski definition) is 7. The zero-order valence-corrected chi connectivity index (χ0v) is 14.5. The quantitative estimate of drug-likeness (QED) is 0.475. The lowest BCUT2D eigenvalue weighted by Gasteiger charge is -2.15. The van der Waals surface area contributed by atoms with Gasteiger partial charge in [0.2, 0.25) is 0 Å². The molecule has 0 aliphatic carbocycles. The van der Waals surface area contributed by atoms with Crippen LogP contribution in [0.2, 0.25) is 0 Å². The maximum atomic E-state index is 12.7. The monoisotopic (exact) mass is 354 g/mol. The number of carbonyl (C=O) groups is 2. The van der Waals surface area contributed by atoms with Crippen LogP contribution >= 0.6 is 0 Å². The highest BCUT2D eigenvalue weighted by Crippen LogP contribution is 2.26. The average molecular weight is 354 g/mol. The summed E-state index contributed by atoms with van der Waals surface area (Å²) >= 11 is 0. The number of ether oxygens (including phenoxy) is 2. The zero-order chi connectivity index (χ0) is 18.5. The number of Topliss-reactive ketones (excluding diaryl/α,β-unsaturated/α-hetero) is 1. The molecule has 0 aliphatic rings. The summed E-state index contributed by atoms with van der Waals surface area (Å²) in [5, 5.41) is 7.53. The normalized spacial score (nSPS) is 11.9. The number of esters is 1. The van der Waals surface area contributed by atoms with Crippen LogP contribution in [0.25, 0.3) is 11.0 Å². The Labute approximate surface area is 149 Å². The van der Waals surface area contributed by atoms with Gasteiger partial charge >= 0.3 is 5.97 Å². The summed E-state index contributed by atoms with van der Waals surface area (Å²) in [4.78, 5) is 25.1. The van der Waals surface area contributed by atoms with E-state index in [0.717, 1.165) is 0 Å². The number of hydrogen-bond donors (Lipinski definition) is 0. The Morgan fingerprint density at radius 3 is 2.50 bits per heavy atom. The first kappa shape index (κ1) is 17.6. The largest absolute Gasteiger partial charge is 0.497 e. The topological polar surface area (TPSA) is 91.5 Å². The van der Waals surface area contributed by atoms with E-state index in [0.29, 0.717) is 27.9 Å². The molecule has 1 heterocycles. The molecule has 1 unspecified atom stereocenters. The molecule has 3 aromatic rings. The van der Waals surface area contributed by atoms with Gasteiger partial charge in [0.15, 0.2) is 5.78 Å². The molecule has 0 radical (unpaired) electrons. The van der Waals surface area contributed by atoms with Crippen LogP contribution in [-0.4, -0.2) is 35.8 Å². The molecule has 1 atom stereocenters. The summed E-state index contributed by atoms with van der Waals surface area (Å²) in [5.74, 6) is -0.688. The van der Waals surface area contributed by atoms with E-state index >= 15 is 0 Å². The van der Waals surface area contributed by atoms with E-state index in [-0.39, 0.29) is 18.8 Å². The van der Waals surface area contributed by atoms with Crippen molar-refractivity contribution in [2.45, 2.75) is 19.3 Å². The van der Waals surface area contributed by atoms with Crippen LogP contribution in [0.5, 0.6) is 5.75 Å². The predicted molar refractivity (Wildman–Crippen MR) is 93.1 cm³/mol. The van der Waals surface area contributed by atoms with Gasteiger partial charge in [0.25, 0.3) is 0 Å². The van der Waals surface area contributed by atoms with Gasteiger partial charge in [-0.15, -0.1) is 0 Å². The zero-order valence-electron chi connectivity index (χ0n) is 14.5. The first-order valence-electron chi connectivity index (χ1n) is 8.18. The summed E-state index contributed by atoms with van der Waals surface area (Å²) in [7, 11) is 1.56. The van der Waals surface area contributed by atoms with Crippen molar-refractivity contribution in [2.75, 3.05) is 13.7 Å². The third-order valence-electron chi connectivity index (χ3n) is 4.05. The van der Waals surface area contributed by atoms with Gasteiger partial charge in [-0.3, -0.25) is 9.59 Å². The van der Waals surface area contributed by atoms with Gasteiger partial charge in [0.05, 0.1) is 19.6 Å². The fourth-order valence-corrected chi connectivity index (χ4v) is 2.68. The lowest BCUT2D eigenvalue weighted by Crippen LogP contribution is -2.19. The average Bonchev–Trinajstić information content (AvgIpc) is 3.14. The van der Waals surface area contributed by atoms with Gasteiger partial charge in [-0.05, 0) is 59.2 Å². The van der Waals surface area contributed by atoms with E-state index in [1.165, 1.54) is 0 Å². The van der Waals surface area contributed by atoms with E-state index in [1.807, 2.05) is 0 Å². The van der Waals surface area contributed by atoms with Crippen LogP contribution in [0.1, 0.15) is 35.2 Å².